The lowest BCUT2D eigenvalue weighted by Gasteiger charge is -2.42. The van der Waals surface area contributed by atoms with Gasteiger partial charge < -0.3 is 24.4 Å². The second-order valence-corrected chi connectivity index (χ2v) is 8.64. The number of aromatic amines is 1. The lowest BCUT2D eigenvalue weighted by molar-refractivity contribution is 0.0302. The number of pyridine rings is 1. The highest BCUT2D eigenvalue weighted by Gasteiger charge is 2.31. The third-order valence-electron chi connectivity index (χ3n) is 6.70. The van der Waals surface area contributed by atoms with Gasteiger partial charge in [-0.3, -0.25) is 4.79 Å². The SMILES string of the molecule is CC1CCN(c2ccc(C(=O)N3CCOCC3)cn2)CC1N(C)c1ncnc2[nH]ccc12. The van der Waals surface area contributed by atoms with Gasteiger partial charge in [0.05, 0.1) is 30.2 Å². The summed E-state index contributed by atoms with van der Waals surface area (Å²) in [6.45, 7) is 6.55. The van der Waals surface area contributed by atoms with E-state index in [-0.39, 0.29) is 11.9 Å². The van der Waals surface area contributed by atoms with E-state index in [0.29, 0.717) is 37.8 Å². The van der Waals surface area contributed by atoms with E-state index in [1.165, 1.54) is 0 Å². The van der Waals surface area contributed by atoms with Gasteiger partial charge in [0.15, 0.2) is 0 Å². The first-order valence-corrected chi connectivity index (χ1v) is 11.2. The van der Waals surface area contributed by atoms with E-state index in [1.807, 2.05) is 29.3 Å². The number of hydrogen-bond donors (Lipinski definition) is 1. The molecule has 2 saturated heterocycles. The molecule has 3 aromatic rings. The number of anilines is 2. The molecule has 9 heteroatoms. The van der Waals surface area contributed by atoms with Gasteiger partial charge in [-0.15, -0.1) is 0 Å². The standard InChI is InChI=1S/C23H29N7O2/c1-16-6-8-30(14-19(16)28(2)22-18-5-7-24-21(18)26-15-27-22)20-4-3-17(13-25-20)23(31)29-9-11-32-12-10-29/h3-5,7,13,15-16,19H,6,8-12,14H2,1-2H3,(H,24,26,27). The monoisotopic (exact) mass is 435 g/mol. The molecule has 0 saturated carbocycles. The van der Waals surface area contributed by atoms with Crippen LogP contribution in [-0.4, -0.2) is 83.2 Å². The van der Waals surface area contributed by atoms with Crippen molar-refractivity contribution in [1.29, 1.82) is 0 Å². The molecule has 32 heavy (non-hydrogen) atoms. The van der Waals surface area contributed by atoms with Gasteiger partial charge >= 0.3 is 0 Å². The fraction of sp³-hybridized carbons (Fsp3) is 0.478. The van der Waals surface area contributed by atoms with Gasteiger partial charge in [-0.05, 0) is 30.5 Å². The molecular weight excluding hydrogens is 406 g/mol. The Balaban J connectivity index is 1.32. The van der Waals surface area contributed by atoms with Crippen LogP contribution in [-0.2, 0) is 4.74 Å². The highest BCUT2D eigenvalue weighted by Crippen LogP contribution is 2.30. The van der Waals surface area contributed by atoms with Gasteiger partial charge in [-0.2, -0.15) is 0 Å². The minimum absolute atomic E-state index is 0.0245. The maximum absolute atomic E-state index is 12.7. The summed E-state index contributed by atoms with van der Waals surface area (Å²) in [4.78, 5) is 35.8. The number of nitrogens with one attached hydrogen (secondary N) is 1. The Labute approximate surface area is 187 Å². The molecular formula is C23H29N7O2. The predicted octanol–water partition coefficient (Wildman–Crippen LogP) is 2.18. The van der Waals surface area contributed by atoms with Crippen LogP contribution in [0.15, 0.2) is 36.9 Å². The van der Waals surface area contributed by atoms with E-state index in [4.69, 9.17) is 4.74 Å². The van der Waals surface area contributed by atoms with Crippen LogP contribution in [0.4, 0.5) is 11.6 Å². The predicted molar refractivity (Wildman–Crippen MR) is 123 cm³/mol. The van der Waals surface area contributed by atoms with Crippen molar-refractivity contribution in [1.82, 2.24) is 24.8 Å². The van der Waals surface area contributed by atoms with Crippen LogP contribution >= 0.6 is 0 Å². The highest BCUT2D eigenvalue weighted by atomic mass is 16.5. The van der Waals surface area contributed by atoms with Gasteiger partial charge in [0.1, 0.15) is 23.6 Å². The summed E-state index contributed by atoms with van der Waals surface area (Å²) in [5, 5.41) is 1.03. The Hall–Kier alpha value is -3.20. The molecule has 0 radical (unpaired) electrons. The largest absolute Gasteiger partial charge is 0.378 e. The first-order valence-electron chi connectivity index (χ1n) is 11.2. The van der Waals surface area contributed by atoms with E-state index < -0.39 is 0 Å². The van der Waals surface area contributed by atoms with E-state index in [2.05, 4.69) is 43.7 Å². The molecule has 0 aliphatic carbocycles. The first kappa shape index (κ1) is 20.7. The van der Waals surface area contributed by atoms with Crippen LogP contribution in [0.3, 0.4) is 0 Å². The number of likely N-dealkylation sites (N-methyl/N-ethyl adjacent to an activating group) is 1. The second-order valence-electron chi connectivity index (χ2n) is 8.64. The number of carbonyl (C=O) groups excluding carboxylic acids is 1. The van der Waals surface area contributed by atoms with Crippen LogP contribution in [0.1, 0.15) is 23.7 Å². The molecule has 2 fully saturated rings. The van der Waals surface area contributed by atoms with Crippen LogP contribution < -0.4 is 9.80 Å². The maximum Gasteiger partial charge on any atom is 0.255 e. The molecule has 2 aliphatic rings. The topological polar surface area (TPSA) is 90.5 Å². The lowest BCUT2D eigenvalue weighted by Crippen LogP contribution is -2.51. The molecule has 0 aromatic carbocycles. The number of amides is 1. The van der Waals surface area contributed by atoms with Crippen molar-refractivity contribution in [2.45, 2.75) is 19.4 Å². The third-order valence-corrected chi connectivity index (χ3v) is 6.70. The summed E-state index contributed by atoms with van der Waals surface area (Å²) in [6.07, 6.45) is 6.28. The summed E-state index contributed by atoms with van der Waals surface area (Å²) in [6, 6.07) is 6.17. The average molecular weight is 436 g/mol. The number of ether oxygens (including phenoxy) is 1. The molecule has 9 nitrogen and oxygen atoms in total. The Morgan fingerprint density at radius 3 is 2.78 bits per heavy atom. The molecule has 168 valence electrons. The zero-order valence-electron chi connectivity index (χ0n) is 18.6. The number of hydrogen-bond acceptors (Lipinski definition) is 7. The lowest BCUT2D eigenvalue weighted by atomic mass is 9.92. The quantitative estimate of drug-likeness (QED) is 0.672. The molecule has 1 amide bonds. The Bertz CT molecular complexity index is 1080. The summed E-state index contributed by atoms with van der Waals surface area (Å²) in [5.41, 5.74) is 1.48. The van der Waals surface area contributed by atoms with Crippen LogP contribution in [0, 0.1) is 5.92 Å². The van der Waals surface area contributed by atoms with E-state index in [1.54, 1.807) is 12.5 Å². The molecule has 0 bridgehead atoms. The molecule has 5 heterocycles. The molecule has 0 spiro atoms. The molecule has 2 atom stereocenters. The van der Waals surface area contributed by atoms with Crippen molar-refractivity contribution in [3.8, 4) is 0 Å². The van der Waals surface area contributed by atoms with Crippen molar-refractivity contribution in [2.24, 2.45) is 5.92 Å². The number of fused-ring (bicyclic) bond motifs is 1. The van der Waals surface area contributed by atoms with Crippen molar-refractivity contribution < 1.29 is 9.53 Å². The smallest absolute Gasteiger partial charge is 0.255 e. The van der Waals surface area contributed by atoms with E-state index in [9.17, 15) is 4.79 Å². The van der Waals surface area contributed by atoms with Crippen molar-refractivity contribution in [3.63, 3.8) is 0 Å². The summed E-state index contributed by atoms with van der Waals surface area (Å²) >= 11 is 0. The Kier molecular flexibility index (Phi) is 5.65. The molecule has 3 aromatic heterocycles. The second kappa shape index (κ2) is 8.74. The van der Waals surface area contributed by atoms with Crippen LogP contribution in [0.5, 0.6) is 0 Å². The average Bonchev–Trinajstić information content (AvgIpc) is 3.33. The number of nitrogens with zero attached hydrogens (tertiary/aromatic N) is 6. The minimum atomic E-state index is 0.0245. The van der Waals surface area contributed by atoms with Crippen molar-refractivity contribution in [3.05, 3.63) is 42.5 Å². The zero-order chi connectivity index (χ0) is 22.1. The number of rotatable bonds is 4. The Morgan fingerprint density at radius 2 is 2.00 bits per heavy atom. The van der Waals surface area contributed by atoms with Gasteiger partial charge in [0.25, 0.3) is 5.91 Å². The normalized spacial score (nSPS) is 21.7. The van der Waals surface area contributed by atoms with Crippen LogP contribution in [0.25, 0.3) is 11.0 Å². The van der Waals surface area contributed by atoms with Gasteiger partial charge in [0.2, 0.25) is 0 Å². The zero-order valence-corrected chi connectivity index (χ0v) is 18.6. The fourth-order valence-electron chi connectivity index (χ4n) is 4.71. The maximum atomic E-state index is 12.7. The van der Waals surface area contributed by atoms with Crippen molar-refractivity contribution >= 4 is 28.6 Å². The molecule has 5 rings (SSSR count). The Morgan fingerprint density at radius 1 is 1.16 bits per heavy atom. The number of carbonyl (C=O) groups is 1. The minimum Gasteiger partial charge on any atom is -0.378 e. The molecule has 2 aliphatic heterocycles. The number of aromatic nitrogens is 4. The summed E-state index contributed by atoms with van der Waals surface area (Å²) in [7, 11) is 2.11. The van der Waals surface area contributed by atoms with E-state index >= 15 is 0 Å². The molecule has 2 unspecified atom stereocenters. The third kappa shape index (κ3) is 3.88. The van der Waals surface area contributed by atoms with Gasteiger partial charge in [-0.25, -0.2) is 15.0 Å². The van der Waals surface area contributed by atoms with Crippen molar-refractivity contribution in [2.75, 3.05) is 56.2 Å². The first-order chi connectivity index (χ1) is 15.6. The number of H-pyrrole nitrogens is 1. The number of piperidine rings is 1. The fourth-order valence-corrected chi connectivity index (χ4v) is 4.71. The summed E-state index contributed by atoms with van der Waals surface area (Å²) < 4.78 is 5.34. The van der Waals surface area contributed by atoms with Gasteiger partial charge in [-0.1, -0.05) is 6.92 Å². The highest BCUT2D eigenvalue weighted by molar-refractivity contribution is 5.94. The molecule has 1 N–H and O–H groups in total. The van der Waals surface area contributed by atoms with Crippen LogP contribution in [0.2, 0.25) is 0 Å². The summed E-state index contributed by atoms with van der Waals surface area (Å²) in [5.74, 6) is 2.39. The van der Waals surface area contributed by atoms with Gasteiger partial charge in [0, 0.05) is 45.6 Å². The van der Waals surface area contributed by atoms with E-state index in [0.717, 1.165) is 42.2 Å². The number of morpholine rings is 1.